The molecule has 0 aliphatic heterocycles. The Morgan fingerprint density at radius 1 is 1.22 bits per heavy atom. The van der Waals surface area contributed by atoms with E-state index in [4.69, 9.17) is 5.73 Å². The minimum atomic E-state index is 0. The fourth-order valence-electron chi connectivity index (χ4n) is 2.39. The number of nitrogens with zero attached hydrogens (tertiary/aromatic N) is 4. The molecule has 0 aliphatic rings. The van der Waals surface area contributed by atoms with Crippen molar-refractivity contribution in [3.63, 3.8) is 0 Å². The summed E-state index contributed by atoms with van der Waals surface area (Å²) in [5.74, 6) is 1.54. The number of aromatic nitrogens is 2. The Morgan fingerprint density at radius 2 is 1.91 bits per heavy atom. The van der Waals surface area contributed by atoms with Gasteiger partial charge >= 0.3 is 0 Å². The first kappa shape index (κ1) is 19.5. The molecule has 6 heteroatoms. The van der Waals surface area contributed by atoms with Gasteiger partial charge in [0, 0.05) is 32.0 Å². The van der Waals surface area contributed by atoms with Crippen LogP contribution in [-0.2, 0) is 19.5 Å². The Kier molecular flexibility index (Phi) is 8.68. The highest BCUT2D eigenvalue weighted by Gasteiger charge is 2.05. The van der Waals surface area contributed by atoms with E-state index in [0.29, 0.717) is 12.5 Å². The third kappa shape index (κ3) is 5.85. The molecule has 0 aliphatic carbocycles. The van der Waals surface area contributed by atoms with E-state index in [9.17, 15) is 0 Å². The number of nitrogens with two attached hydrogens (primary N) is 1. The average Bonchev–Trinajstić information content (AvgIpc) is 3.00. The van der Waals surface area contributed by atoms with Crippen LogP contribution < -0.4 is 5.73 Å². The van der Waals surface area contributed by atoms with Crippen molar-refractivity contribution in [3.05, 3.63) is 54.1 Å². The predicted molar refractivity (Wildman–Crippen MR) is 106 cm³/mol. The maximum atomic E-state index is 6.01. The number of imidazole rings is 1. The van der Waals surface area contributed by atoms with Crippen LogP contribution >= 0.6 is 24.0 Å². The Balaban J connectivity index is 0.00000264. The molecular weight excluding hydrogens is 401 g/mol. The lowest BCUT2D eigenvalue weighted by molar-refractivity contribution is 0.457. The Labute approximate surface area is 155 Å². The second-order valence-corrected chi connectivity index (χ2v) is 5.12. The maximum Gasteiger partial charge on any atom is 0.191 e. The minimum Gasteiger partial charge on any atom is -0.370 e. The number of guanidine groups is 1. The number of benzene rings is 1. The van der Waals surface area contributed by atoms with Gasteiger partial charge in [-0.1, -0.05) is 30.3 Å². The van der Waals surface area contributed by atoms with E-state index in [1.165, 1.54) is 5.56 Å². The van der Waals surface area contributed by atoms with Gasteiger partial charge in [0.2, 0.25) is 0 Å². The molecule has 1 heterocycles. The molecule has 0 saturated carbocycles. The number of rotatable bonds is 7. The SMILES string of the molecule is CCN(CC)C(N)=NCc1nccn1CCc1ccccc1.I. The molecular formula is C17H26IN5. The molecule has 5 nitrogen and oxygen atoms in total. The molecule has 0 unspecified atom stereocenters. The van der Waals surface area contributed by atoms with Gasteiger partial charge in [-0.2, -0.15) is 0 Å². The molecule has 0 atom stereocenters. The van der Waals surface area contributed by atoms with Gasteiger partial charge in [-0.3, -0.25) is 0 Å². The largest absolute Gasteiger partial charge is 0.370 e. The summed E-state index contributed by atoms with van der Waals surface area (Å²) in [6.45, 7) is 7.31. The van der Waals surface area contributed by atoms with E-state index in [1.54, 1.807) is 0 Å². The van der Waals surface area contributed by atoms with E-state index in [0.717, 1.165) is 31.9 Å². The van der Waals surface area contributed by atoms with E-state index >= 15 is 0 Å². The van der Waals surface area contributed by atoms with E-state index in [2.05, 4.69) is 52.7 Å². The molecule has 0 bridgehead atoms. The smallest absolute Gasteiger partial charge is 0.191 e. The van der Waals surface area contributed by atoms with Crippen LogP contribution in [0, 0.1) is 0 Å². The summed E-state index contributed by atoms with van der Waals surface area (Å²) < 4.78 is 2.14. The molecule has 0 spiro atoms. The van der Waals surface area contributed by atoms with Crippen LogP contribution in [0.2, 0.25) is 0 Å². The Morgan fingerprint density at radius 3 is 2.57 bits per heavy atom. The number of hydrogen-bond donors (Lipinski definition) is 1. The number of aryl methyl sites for hydroxylation is 2. The van der Waals surface area contributed by atoms with Crippen molar-refractivity contribution in [3.8, 4) is 0 Å². The van der Waals surface area contributed by atoms with Gasteiger partial charge in [-0.15, -0.1) is 24.0 Å². The van der Waals surface area contributed by atoms with E-state index in [-0.39, 0.29) is 24.0 Å². The summed E-state index contributed by atoms with van der Waals surface area (Å²) >= 11 is 0. The molecule has 0 saturated heterocycles. The van der Waals surface area contributed by atoms with Crippen molar-refractivity contribution in [2.75, 3.05) is 13.1 Å². The van der Waals surface area contributed by atoms with Gasteiger partial charge in [-0.25, -0.2) is 9.98 Å². The molecule has 0 radical (unpaired) electrons. The van der Waals surface area contributed by atoms with Crippen LogP contribution in [0.3, 0.4) is 0 Å². The highest BCUT2D eigenvalue weighted by molar-refractivity contribution is 14.0. The minimum absolute atomic E-state index is 0. The monoisotopic (exact) mass is 427 g/mol. The highest BCUT2D eigenvalue weighted by Crippen LogP contribution is 2.05. The lowest BCUT2D eigenvalue weighted by Crippen LogP contribution is -2.37. The van der Waals surface area contributed by atoms with Crippen LogP contribution in [0.5, 0.6) is 0 Å². The van der Waals surface area contributed by atoms with Gasteiger partial charge in [0.05, 0.1) is 0 Å². The lowest BCUT2D eigenvalue weighted by atomic mass is 10.1. The zero-order valence-corrected chi connectivity index (χ0v) is 16.2. The number of aliphatic imine (C=N–C) groups is 1. The van der Waals surface area contributed by atoms with Crippen molar-refractivity contribution in [2.24, 2.45) is 10.7 Å². The van der Waals surface area contributed by atoms with Gasteiger partial charge in [-0.05, 0) is 25.8 Å². The number of hydrogen-bond acceptors (Lipinski definition) is 2. The summed E-state index contributed by atoms with van der Waals surface area (Å²) in [6, 6.07) is 10.5. The van der Waals surface area contributed by atoms with Gasteiger partial charge in [0.15, 0.2) is 5.96 Å². The molecule has 1 aromatic carbocycles. The van der Waals surface area contributed by atoms with Gasteiger partial charge < -0.3 is 15.2 Å². The number of halogens is 1. The van der Waals surface area contributed by atoms with E-state index < -0.39 is 0 Å². The summed E-state index contributed by atoms with van der Waals surface area (Å²) in [4.78, 5) is 10.9. The first-order valence-corrected chi connectivity index (χ1v) is 7.83. The fraction of sp³-hybridized carbons (Fsp3) is 0.412. The van der Waals surface area contributed by atoms with Crippen molar-refractivity contribution < 1.29 is 0 Å². The molecule has 126 valence electrons. The predicted octanol–water partition coefficient (Wildman–Crippen LogP) is 2.90. The van der Waals surface area contributed by atoms with Crippen LogP contribution in [0.25, 0.3) is 0 Å². The average molecular weight is 427 g/mol. The summed E-state index contributed by atoms with van der Waals surface area (Å²) in [5.41, 5.74) is 7.34. The highest BCUT2D eigenvalue weighted by atomic mass is 127. The topological polar surface area (TPSA) is 59.4 Å². The molecule has 0 fully saturated rings. The van der Waals surface area contributed by atoms with Crippen LogP contribution in [0.1, 0.15) is 25.2 Å². The van der Waals surface area contributed by atoms with Gasteiger partial charge in [0.25, 0.3) is 0 Å². The van der Waals surface area contributed by atoms with Crippen LogP contribution in [0.4, 0.5) is 0 Å². The van der Waals surface area contributed by atoms with Crippen molar-refractivity contribution in [2.45, 2.75) is 33.4 Å². The third-order valence-corrected chi connectivity index (χ3v) is 3.76. The van der Waals surface area contributed by atoms with Crippen molar-refractivity contribution >= 4 is 29.9 Å². The Bertz CT molecular complexity index is 590. The van der Waals surface area contributed by atoms with Crippen molar-refractivity contribution in [1.29, 1.82) is 0 Å². The van der Waals surface area contributed by atoms with E-state index in [1.807, 2.05) is 23.4 Å². The lowest BCUT2D eigenvalue weighted by Gasteiger charge is -2.19. The molecule has 0 amide bonds. The Hall–Kier alpha value is -1.57. The fourth-order valence-corrected chi connectivity index (χ4v) is 2.39. The normalized spacial score (nSPS) is 11.1. The third-order valence-electron chi connectivity index (χ3n) is 3.76. The standard InChI is InChI=1S/C17H25N5.HI/c1-3-21(4-2)17(18)20-14-16-19-11-13-22(16)12-10-15-8-6-5-7-9-15;/h5-9,11,13H,3-4,10,12,14H2,1-2H3,(H2,18,20);1H. The summed E-state index contributed by atoms with van der Waals surface area (Å²) in [6.07, 6.45) is 4.81. The molecule has 2 N–H and O–H groups in total. The maximum absolute atomic E-state index is 6.01. The van der Waals surface area contributed by atoms with Crippen LogP contribution in [-0.4, -0.2) is 33.5 Å². The molecule has 2 aromatic rings. The summed E-state index contributed by atoms with van der Waals surface area (Å²) in [7, 11) is 0. The molecule has 1 aromatic heterocycles. The van der Waals surface area contributed by atoms with Crippen molar-refractivity contribution in [1.82, 2.24) is 14.5 Å². The summed E-state index contributed by atoms with van der Waals surface area (Å²) in [5, 5.41) is 0. The second kappa shape index (κ2) is 10.3. The molecule has 2 rings (SSSR count). The quantitative estimate of drug-likeness (QED) is 0.420. The molecule has 23 heavy (non-hydrogen) atoms. The first-order chi connectivity index (χ1) is 10.7. The van der Waals surface area contributed by atoms with Crippen LogP contribution in [0.15, 0.2) is 47.7 Å². The zero-order chi connectivity index (χ0) is 15.8. The first-order valence-electron chi connectivity index (χ1n) is 7.83. The zero-order valence-electron chi connectivity index (χ0n) is 13.9. The van der Waals surface area contributed by atoms with Gasteiger partial charge in [0.1, 0.15) is 12.4 Å². The second-order valence-electron chi connectivity index (χ2n) is 5.12.